The molecule has 3 N–H and O–H groups in total. The summed E-state index contributed by atoms with van der Waals surface area (Å²) in [5, 5.41) is 3.24. The van der Waals surface area contributed by atoms with Crippen LogP contribution in [0, 0.1) is 5.82 Å². The van der Waals surface area contributed by atoms with Crippen LogP contribution in [0.1, 0.15) is 0 Å². The number of piperazine rings is 1. The minimum Gasteiger partial charge on any atom is -0.454 e. The van der Waals surface area contributed by atoms with Crippen molar-refractivity contribution in [3.05, 3.63) is 54.6 Å². The number of hydrogen-bond acceptors (Lipinski definition) is 8. The fourth-order valence-electron chi connectivity index (χ4n) is 3.68. The Balaban J connectivity index is 1.29. The molecule has 0 saturated carbocycles. The highest BCUT2D eigenvalue weighted by Gasteiger charge is 2.22. The van der Waals surface area contributed by atoms with E-state index in [2.05, 4.69) is 25.1 Å². The quantitative estimate of drug-likeness (QED) is 0.681. The second-order valence-electron chi connectivity index (χ2n) is 7.10. The zero-order valence-electron chi connectivity index (χ0n) is 16.2. The van der Waals surface area contributed by atoms with Gasteiger partial charge in [-0.05, 0) is 36.4 Å². The maximum Gasteiger partial charge on any atom is 0.231 e. The van der Waals surface area contributed by atoms with E-state index in [4.69, 9.17) is 15.2 Å². The normalized spacial score (nSPS) is 15.4. The Morgan fingerprint density at radius 2 is 1.63 bits per heavy atom. The molecule has 0 amide bonds. The van der Waals surface area contributed by atoms with Gasteiger partial charge in [0, 0.05) is 43.6 Å². The van der Waals surface area contributed by atoms with Crippen LogP contribution >= 0.6 is 0 Å². The first-order valence-electron chi connectivity index (χ1n) is 9.70. The third kappa shape index (κ3) is 3.49. The molecule has 2 aliphatic rings. The number of fused-ring (bicyclic) bond motifs is 1. The molecule has 3 aromatic rings. The molecule has 2 aliphatic heterocycles. The molecule has 1 aromatic heterocycles. The van der Waals surface area contributed by atoms with Crippen LogP contribution in [0.25, 0.3) is 0 Å². The maximum absolute atomic E-state index is 13.2. The van der Waals surface area contributed by atoms with Crippen molar-refractivity contribution in [3.63, 3.8) is 0 Å². The van der Waals surface area contributed by atoms with Crippen molar-refractivity contribution in [2.75, 3.05) is 53.8 Å². The lowest BCUT2D eigenvalue weighted by atomic mass is 10.2. The van der Waals surface area contributed by atoms with E-state index in [1.807, 2.05) is 18.2 Å². The monoisotopic (exact) mass is 408 g/mol. The highest BCUT2D eigenvalue weighted by Crippen LogP contribution is 2.36. The van der Waals surface area contributed by atoms with E-state index in [0.717, 1.165) is 43.3 Å². The summed E-state index contributed by atoms with van der Waals surface area (Å²) < 4.78 is 23.9. The van der Waals surface area contributed by atoms with E-state index in [0.29, 0.717) is 23.1 Å². The van der Waals surface area contributed by atoms with Gasteiger partial charge in [0.15, 0.2) is 23.1 Å². The van der Waals surface area contributed by atoms with Crippen molar-refractivity contribution in [1.82, 2.24) is 9.97 Å². The van der Waals surface area contributed by atoms with Crippen LogP contribution in [0.2, 0.25) is 0 Å². The summed E-state index contributed by atoms with van der Waals surface area (Å²) in [5.74, 6) is 2.42. The number of halogens is 1. The number of aromatic nitrogens is 2. The van der Waals surface area contributed by atoms with E-state index in [9.17, 15) is 4.39 Å². The van der Waals surface area contributed by atoms with Gasteiger partial charge in [-0.15, -0.1) is 0 Å². The van der Waals surface area contributed by atoms with Gasteiger partial charge in [-0.3, -0.25) is 0 Å². The Bertz CT molecular complexity index is 1050. The molecule has 0 bridgehead atoms. The number of hydrogen-bond donors (Lipinski definition) is 2. The molecule has 0 aliphatic carbocycles. The van der Waals surface area contributed by atoms with Gasteiger partial charge in [0.25, 0.3) is 0 Å². The van der Waals surface area contributed by atoms with E-state index >= 15 is 0 Å². The van der Waals surface area contributed by atoms with Gasteiger partial charge in [0.2, 0.25) is 6.79 Å². The van der Waals surface area contributed by atoms with Gasteiger partial charge in [0.05, 0.1) is 0 Å². The summed E-state index contributed by atoms with van der Waals surface area (Å²) >= 11 is 0. The number of nitrogens with two attached hydrogens (primary N) is 1. The lowest BCUT2D eigenvalue weighted by molar-refractivity contribution is 0.174. The second-order valence-corrected chi connectivity index (χ2v) is 7.10. The fourth-order valence-corrected chi connectivity index (χ4v) is 3.68. The largest absolute Gasteiger partial charge is 0.454 e. The predicted molar refractivity (Wildman–Crippen MR) is 113 cm³/mol. The molecule has 0 radical (unpaired) electrons. The maximum atomic E-state index is 13.2. The van der Waals surface area contributed by atoms with Gasteiger partial charge in [-0.2, -0.15) is 0 Å². The smallest absolute Gasteiger partial charge is 0.231 e. The van der Waals surface area contributed by atoms with Crippen LogP contribution < -0.4 is 30.3 Å². The fraction of sp³-hybridized carbons (Fsp3) is 0.238. The molecule has 0 unspecified atom stereocenters. The van der Waals surface area contributed by atoms with Crippen molar-refractivity contribution in [2.45, 2.75) is 0 Å². The standard InChI is InChI=1S/C21H21FN6O2/c22-14-1-4-16(5-2-14)27-7-9-28(10-8-27)21-19(23)20(24-12-25-21)26-15-3-6-17-18(11-15)30-13-29-17/h1-6,11-12H,7-10,13,23H2,(H,24,25,26). The lowest BCUT2D eigenvalue weighted by Gasteiger charge is -2.37. The first-order valence-corrected chi connectivity index (χ1v) is 9.70. The summed E-state index contributed by atoms with van der Waals surface area (Å²) in [6.45, 7) is 3.31. The Morgan fingerprint density at radius 3 is 2.43 bits per heavy atom. The number of nitrogens with zero attached hydrogens (tertiary/aromatic N) is 4. The van der Waals surface area contributed by atoms with Crippen LogP contribution in [0.3, 0.4) is 0 Å². The van der Waals surface area contributed by atoms with E-state index < -0.39 is 0 Å². The molecule has 0 atom stereocenters. The molecular weight excluding hydrogens is 387 g/mol. The van der Waals surface area contributed by atoms with Crippen molar-refractivity contribution in [2.24, 2.45) is 0 Å². The number of anilines is 5. The number of nitrogen functional groups attached to an aromatic ring is 1. The number of ether oxygens (including phenoxy) is 2. The van der Waals surface area contributed by atoms with Crippen molar-refractivity contribution in [1.29, 1.82) is 0 Å². The summed E-state index contributed by atoms with van der Waals surface area (Å²) in [6, 6.07) is 12.2. The molecular formula is C21H21FN6O2. The molecule has 0 spiro atoms. The topological polar surface area (TPSA) is 88.8 Å². The van der Waals surface area contributed by atoms with Gasteiger partial charge < -0.3 is 30.3 Å². The van der Waals surface area contributed by atoms with Gasteiger partial charge in [-0.25, -0.2) is 14.4 Å². The molecule has 154 valence electrons. The van der Waals surface area contributed by atoms with Crippen LogP contribution in [-0.4, -0.2) is 42.9 Å². The minimum absolute atomic E-state index is 0.225. The summed E-state index contributed by atoms with van der Waals surface area (Å²) in [5.41, 5.74) is 8.70. The summed E-state index contributed by atoms with van der Waals surface area (Å²) in [4.78, 5) is 13.1. The van der Waals surface area contributed by atoms with E-state index in [1.165, 1.54) is 18.5 Å². The molecule has 1 fully saturated rings. The van der Waals surface area contributed by atoms with Crippen molar-refractivity contribution >= 4 is 28.7 Å². The van der Waals surface area contributed by atoms with Gasteiger partial charge >= 0.3 is 0 Å². The van der Waals surface area contributed by atoms with Crippen LogP contribution in [0.5, 0.6) is 11.5 Å². The predicted octanol–water partition coefficient (Wildman–Crippen LogP) is 3.00. The zero-order chi connectivity index (χ0) is 20.5. The molecule has 9 heteroatoms. The van der Waals surface area contributed by atoms with E-state index in [1.54, 1.807) is 12.1 Å². The Morgan fingerprint density at radius 1 is 0.900 bits per heavy atom. The third-order valence-corrected chi connectivity index (χ3v) is 5.27. The highest BCUT2D eigenvalue weighted by atomic mass is 19.1. The van der Waals surface area contributed by atoms with Crippen LogP contribution in [0.4, 0.5) is 33.1 Å². The molecule has 8 nitrogen and oxygen atoms in total. The first-order chi connectivity index (χ1) is 14.7. The van der Waals surface area contributed by atoms with Crippen molar-refractivity contribution < 1.29 is 13.9 Å². The Hall–Kier alpha value is -3.75. The highest BCUT2D eigenvalue weighted by molar-refractivity contribution is 5.79. The Labute approximate surface area is 173 Å². The Kier molecular flexibility index (Phi) is 4.62. The van der Waals surface area contributed by atoms with Gasteiger partial charge in [0.1, 0.15) is 17.8 Å². The molecule has 30 heavy (non-hydrogen) atoms. The van der Waals surface area contributed by atoms with Crippen molar-refractivity contribution in [3.8, 4) is 11.5 Å². The molecule has 2 aromatic carbocycles. The molecule has 1 saturated heterocycles. The van der Waals surface area contributed by atoms with Crippen LogP contribution in [-0.2, 0) is 0 Å². The molecule has 5 rings (SSSR count). The average Bonchev–Trinajstić information content (AvgIpc) is 3.24. The summed E-state index contributed by atoms with van der Waals surface area (Å²) in [7, 11) is 0. The molecule has 3 heterocycles. The van der Waals surface area contributed by atoms with Crippen LogP contribution in [0.15, 0.2) is 48.8 Å². The number of rotatable bonds is 4. The third-order valence-electron chi connectivity index (χ3n) is 5.27. The first kappa shape index (κ1) is 18.3. The number of benzene rings is 2. The average molecular weight is 408 g/mol. The summed E-state index contributed by atoms with van der Waals surface area (Å²) in [6.07, 6.45) is 1.51. The second kappa shape index (κ2) is 7.58. The van der Waals surface area contributed by atoms with Gasteiger partial charge in [-0.1, -0.05) is 0 Å². The zero-order valence-corrected chi connectivity index (χ0v) is 16.2. The minimum atomic E-state index is -0.228. The van der Waals surface area contributed by atoms with E-state index in [-0.39, 0.29) is 12.6 Å². The SMILES string of the molecule is Nc1c(Nc2ccc3c(c2)OCO3)ncnc1N1CCN(c2ccc(F)cc2)CC1. The number of nitrogens with one attached hydrogen (secondary N) is 1. The lowest BCUT2D eigenvalue weighted by Crippen LogP contribution is -2.47.